The number of fused-ring (bicyclic) bond motifs is 18. The molecule has 64 heavy (non-hydrogen) atoms. The molecular formula is C62H41NO. The summed E-state index contributed by atoms with van der Waals surface area (Å²) in [6.07, 6.45) is 0. The van der Waals surface area contributed by atoms with E-state index in [0.717, 1.165) is 39.0 Å². The number of rotatable bonds is 4. The summed E-state index contributed by atoms with van der Waals surface area (Å²) in [4.78, 5) is 2.53. The molecule has 0 N–H and O–H groups in total. The molecule has 1 unspecified atom stereocenters. The van der Waals surface area contributed by atoms with Crippen molar-refractivity contribution < 1.29 is 4.42 Å². The molecule has 1 aromatic heterocycles. The lowest BCUT2D eigenvalue weighted by Gasteiger charge is -2.36. The summed E-state index contributed by atoms with van der Waals surface area (Å²) >= 11 is 0. The van der Waals surface area contributed by atoms with E-state index in [1.165, 1.54) is 88.7 Å². The van der Waals surface area contributed by atoms with Crippen molar-refractivity contribution in [3.63, 3.8) is 0 Å². The zero-order valence-electron chi connectivity index (χ0n) is 35.6. The second-order valence-corrected chi connectivity index (χ2v) is 18.3. The van der Waals surface area contributed by atoms with Gasteiger partial charge in [-0.3, -0.25) is 0 Å². The number of benzene rings is 10. The van der Waals surface area contributed by atoms with E-state index in [1.807, 2.05) is 0 Å². The first-order chi connectivity index (χ1) is 31.5. The van der Waals surface area contributed by atoms with Crippen LogP contribution in [0.25, 0.3) is 77.2 Å². The number of para-hydroxylation sites is 1. The summed E-state index contributed by atoms with van der Waals surface area (Å²) < 4.78 is 6.66. The van der Waals surface area contributed by atoms with Crippen molar-refractivity contribution in [1.82, 2.24) is 0 Å². The highest BCUT2D eigenvalue weighted by molar-refractivity contribution is 6.08. The number of hydrogen-bond acceptors (Lipinski definition) is 2. The predicted molar refractivity (Wildman–Crippen MR) is 265 cm³/mol. The van der Waals surface area contributed by atoms with Crippen LogP contribution in [0.4, 0.5) is 17.1 Å². The number of anilines is 3. The van der Waals surface area contributed by atoms with Crippen molar-refractivity contribution in [1.29, 1.82) is 0 Å². The summed E-state index contributed by atoms with van der Waals surface area (Å²) in [5, 5.41) is 4.78. The van der Waals surface area contributed by atoms with Crippen LogP contribution in [0.1, 0.15) is 47.2 Å². The topological polar surface area (TPSA) is 16.4 Å². The maximum Gasteiger partial charge on any atom is 0.137 e. The molecule has 11 aromatic rings. The zero-order chi connectivity index (χ0) is 42.3. The molecule has 0 bridgehead atoms. The van der Waals surface area contributed by atoms with E-state index in [0.29, 0.717) is 0 Å². The Morgan fingerprint density at radius 1 is 0.359 bits per heavy atom. The van der Waals surface area contributed by atoms with Gasteiger partial charge in [0, 0.05) is 39.2 Å². The Balaban J connectivity index is 1.06. The largest absolute Gasteiger partial charge is 0.456 e. The number of nitrogens with zero attached hydrogens (tertiary/aromatic N) is 1. The van der Waals surface area contributed by atoms with Crippen molar-refractivity contribution >= 4 is 49.8 Å². The van der Waals surface area contributed by atoms with Gasteiger partial charge in [0.25, 0.3) is 0 Å². The summed E-state index contributed by atoms with van der Waals surface area (Å²) in [5.74, 6) is 0. The standard InChI is InChI=1S/C62H41NO/c1-61(2)54-35-40(38-15-4-3-5-16-38)28-31-46(54)47-33-29-41(36-55(47)61)63(42-30-34-49-48-21-10-13-26-57(48)64-58(49)37-42)56-25-14-22-50-44-19-8-11-23-52(44)62(60(50)56)53-24-12-9-20-45(53)51-32-27-39-17-6-7-18-43(39)59(51)62/h3-37H,1-2H3. The molecule has 0 fully saturated rings. The Kier molecular flexibility index (Phi) is 7.13. The average Bonchev–Trinajstić information content (AvgIpc) is 4.04. The van der Waals surface area contributed by atoms with Gasteiger partial charge in [-0.2, -0.15) is 0 Å². The van der Waals surface area contributed by atoms with Crippen LogP contribution in [0.3, 0.4) is 0 Å². The Labute approximate surface area is 372 Å². The Morgan fingerprint density at radius 3 is 1.75 bits per heavy atom. The highest BCUT2D eigenvalue weighted by Crippen LogP contribution is 2.66. The van der Waals surface area contributed by atoms with Gasteiger partial charge in [0.1, 0.15) is 11.2 Å². The second kappa shape index (κ2) is 12.8. The Morgan fingerprint density at radius 2 is 0.938 bits per heavy atom. The van der Waals surface area contributed by atoms with E-state index < -0.39 is 5.41 Å². The fraction of sp³-hybridized carbons (Fsp3) is 0.0645. The van der Waals surface area contributed by atoms with Crippen molar-refractivity contribution in [2.75, 3.05) is 4.90 Å². The highest BCUT2D eigenvalue weighted by Gasteiger charge is 2.54. The monoisotopic (exact) mass is 815 g/mol. The first kappa shape index (κ1) is 35.6. The highest BCUT2D eigenvalue weighted by atomic mass is 16.3. The second-order valence-electron chi connectivity index (χ2n) is 18.3. The van der Waals surface area contributed by atoms with Gasteiger partial charge in [-0.1, -0.05) is 178 Å². The van der Waals surface area contributed by atoms with Crippen LogP contribution >= 0.6 is 0 Å². The number of hydrogen-bond donors (Lipinski definition) is 0. The quantitative estimate of drug-likeness (QED) is 0.176. The van der Waals surface area contributed by atoms with Gasteiger partial charge < -0.3 is 9.32 Å². The lowest BCUT2D eigenvalue weighted by molar-refractivity contribution is 0.660. The van der Waals surface area contributed by atoms with Crippen LogP contribution < -0.4 is 4.90 Å². The molecular weight excluding hydrogens is 775 g/mol. The van der Waals surface area contributed by atoms with Crippen LogP contribution in [-0.2, 0) is 10.8 Å². The molecule has 10 aromatic carbocycles. The first-order valence-corrected chi connectivity index (χ1v) is 22.4. The van der Waals surface area contributed by atoms with Crippen LogP contribution in [-0.4, -0.2) is 0 Å². The third-order valence-electron chi connectivity index (χ3n) is 14.9. The van der Waals surface area contributed by atoms with E-state index in [-0.39, 0.29) is 5.41 Å². The van der Waals surface area contributed by atoms with Crippen LogP contribution in [0.15, 0.2) is 217 Å². The third-order valence-corrected chi connectivity index (χ3v) is 14.9. The van der Waals surface area contributed by atoms with Gasteiger partial charge in [-0.15, -0.1) is 0 Å². The Bertz CT molecular complexity index is 3760. The minimum atomic E-state index is -0.586. The smallest absolute Gasteiger partial charge is 0.137 e. The van der Waals surface area contributed by atoms with Gasteiger partial charge in [0.05, 0.1) is 11.1 Å². The third kappa shape index (κ3) is 4.59. The molecule has 3 aliphatic carbocycles. The molecule has 0 radical (unpaired) electrons. The average molecular weight is 816 g/mol. The summed E-state index contributed by atoms with van der Waals surface area (Å²) in [6, 6.07) is 79.1. The van der Waals surface area contributed by atoms with Crippen LogP contribution in [0.5, 0.6) is 0 Å². The van der Waals surface area contributed by atoms with E-state index in [9.17, 15) is 0 Å². The van der Waals surface area contributed by atoms with E-state index in [1.54, 1.807) is 0 Å². The molecule has 2 nitrogen and oxygen atoms in total. The fourth-order valence-electron chi connectivity index (χ4n) is 12.1. The summed E-state index contributed by atoms with van der Waals surface area (Å²) in [7, 11) is 0. The van der Waals surface area contributed by atoms with Crippen molar-refractivity contribution in [3.05, 3.63) is 246 Å². The SMILES string of the molecule is CC1(C)c2cc(-c3ccccc3)ccc2-c2ccc(N(c3ccc4c(c3)oc3ccccc34)c3cccc4c3C3(c5ccccc5-4)c4ccccc4-c4ccc5ccccc5c43)cc21. The molecule has 1 heterocycles. The van der Waals surface area contributed by atoms with Crippen LogP contribution in [0, 0.1) is 0 Å². The molecule has 0 amide bonds. The maximum absolute atomic E-state index is 6.66. The maximum atomic E-state index is 6.66. The van der Waals surface area contributed by atoms with E-state index >= 15 is 0 Å². The minimum Gasteiger partial charge on any atom is -0.456 e. The minimum absolute atomic E-state index is 0.238. The van der Waals surface area contributed by atoms with Crippen molar-refractivity contribution in [3.8, 4) is 44.5 Å². The molecule has 3 aliphatic rings. The first-order valence-electron chi connectivity index (χ1n) is 22.4. The predicted octanol–water partition coefficient (Wildman–Crippen LogP) is 16.5. The van der Waals surface area contributed by atoms with E-state index in [2.05, 4.69) is 231 Å². The van der Waals surface area contributed by atoms with Crippen molar-refractivity contribution in [2.45, 2.75) is 24.7 Å². The van der Waals surface area contributed by atoms with Gasteiger partial charge in [0.15, 0.2) is 0 Å². The lowest BCUT2D eigenvalue weighted by atomic mass is 9.68. The van der Waals surface area contributed by atoms with Gasteiger partial charge in [-0.25, -0.2) is 0 Å². The summed E-state index contributed by atoms with van der Waals surface area (Å²) in [5.41, 5.74) is 22.5. The lowest BCUT2D eigenvalue weighted by Crippen LogP contribution is -2.28. The molecule has 1 atom stereocenters. The molecule has 0 saturated carbocycles. The molecule has 0 saturated heterocycles. The van der Waals surface area contributed by atoms with Gasteiger partial charge in [0.2, 0.25) is 0 Å². The molecule has 14 rings (SSSR count). The van der Waals surface area contributed by atoms with Crippen molar-refractivity contribution in [2.24, 2.45) is 0 Å². The summed E-state index contributed by atoms with van der Waals surface area (Å²) in [6.45, 7) is 4.79. The van der Waals surface area contributed by atoms with Gasteiger partial charge >= 0.3 is 0 Å². The molecule has 1 spiro atoms. The fourth-order valence-corrected chi connectivity index (χ4v) is 12.1. The zero-order valence-corrected chi connectivity index (χ0v) is 35.6. The molecule has 0 aliphatic heterocycles. The number of furan rings is 1. The van der Waals surface area contributed by atoms with E-state index in [4.69, 9.17) is 4.42 Å². The normalized spacial score (nSPS) is 15.8. The van der Waals surface area contributed by atoms with Gasteiger partial charge in [-0.05, 0) is 126 Å². The molecule has 2 heteroatoms. The molecule has 300 valence electrons. The Hall–Kier alpha value is -7.94. The van der Waals surface area contributed by atoms with Crippen LogP contribution in [0.2, 0.25) is 0 Å².